The number of hydrogen-bond acceptors (Lipinski definition) is 5. The number of fused-ring (bicyclic) bond motifs is 1. The predicted molar refractivity (Wildman–Crippen MR) is 98.1 cm³/mol. The molecule has 0 unspecified atom stereocenters. The van der Waals surface area contributed by atoms with Crippen LogP contribution in [0.5, 0.6) is 5.75 Å². The van der Waals surface area contributed by atoms with Gasteiger partial charge >= 0.3 is 0 Å². The summed E-state index contributed by atoms with van der Waals surface area (Å²) < 4.78 is 18.9. The van der Waals surface area contributed by atoms with Gasteiger partial charge in [-0.1, -0.05) is 0 Å². The molecule has 1 fully saturated rings. The molecule has 3 heterocycles. The van der Waals surface area contributed by atoms with Crippen molar-refractivity contribution >= 4 is 5.91 Å². The molecule has 1 aromatic carbocycles. The third-order valence-electron chi connectivity index (χ3n) is 5.30. The van der Waals surface area contributed by atoms with E-state index in [0.717, 1.165) is 42.9 Å². The summed E-state index contributed by atoms with van der Waals surface area (Å²) in [6.45, 7) is 4.92. The van der Waals surface area contributed by atoms with Gasteiger partial charge < -0.3 is 15.0 Å². The van der Waals surface area contributed by atoms with Crippen LogP contribution in [0.2, 0.25) is 0 Å². The van der Waals surface area contributed by atoms with Gasteiger partial charge in [0.25, 0.3) is 5.91 Å². The molecule has 0 aliphatic carbocycles. The maximum absolute atomic E-state index is 13.6. The van der Waals surface area contributed by atoms with Crippen molar-refractivity contribution in [2.24, 2.45) is 0 Å². The molecule has 0 bridgehead atoms. The SMILES string of the molecule is COc1ccc(F)cc1CN1CCN(C(=O)c2n[nH]c3c2CNCC3)CC1. The number of nitrogens with zero attached hydrogens (tertiary/aromatic N) is 3. The highest BCUT2D eigenvalue weighted by molar-refractivity contribution is 5.94. The first kappa shape index (κ1) is 17.9. The molecule has 7 nitrogen and oxygen atoms in total. The summed E-state index contributed by atoms with van der Waals surface area (Å²) in [7, 11) is 1.59. The number of benzene rings is 1. The van der Waals surface area contributed by atoms with Crippen LogP contribution in [-0.4, -0.2) is 65.7 Å². The number of methoxy groups -OCH3 is 1. The average Bonchev–Trinajstić information content (AvgIpc) is 3.12. The molecule has 1 saturated heterocycles. The molecule has 144 valence electrons. The standard InChI is InChI=1S/C19H24FN5O2/c1-27-17-3-2-14(20)10-13(17)12-24-6-8-25(9-7-24)19(26)18-15-11-21-5-4-16(15)22-23-18/h2-3,10,21H,4-9,11-12H2,1H3,(H,22,23). The molecule has 2 aliphatic rings. The number of aromatic nitrogens is 2. The maximum Gasteiger partial charge on any atom is 0.274 e. The second-order valence-corrected chi connectivity index (χ2v) is 6.98. The Morgan fingerprint density at radius 1 is 1.30 bits per heavy atom. The predicted octanol–water partition coefficient (Wildman–Crippen LogP) is 1.16. The number of carbonyl (C=O) groups is 1. The smallest absolute Gasteiger partial charge is 0.274 e. The molecule has 1 aromatic heterocycles. The van der Waals surface area contributed by atoms with E-state index < -0.39 is 0 Å². The van der Waals surface area contributed by atoms with Crippen LogP contribution in [-0.2, 0) is 19.5 Å². The van der Waals surface area contributed by atoms with Crippen molar-refractivity contribution < 1.29 is 13.9 Å². The molecule has 4 rings (SSSR count). The van der Waals surface area contributed by atoms with Gasteiger partial charge in [-0.3, -0.25) is 14.8 Å². The Labute approximate surface area is 157 Å². The first-order valence-electron chi connectivity index (χ1n) is 9.26. The number of aromatic amines is 1. The summed E-state index contributed by atoms with van der Waals surface area (Å²) >= 11 is 0. The fraction of sp³-hybridized carbons (Fsp3) is 0.474. The van der Waals surface area contributed by atoms with Crippen LogP contribution < -0.4 is 10.1 Å². The van der Waals surface area contributed by atoms with Crippen molar-refractivity contribution in [3.8, 4) is 5.75 Å². The van der Waals surface area contributed by atoms with Crippen LogP contribution in [0.15, 0.2) is 18.2 Å². The summed E-state index contributed by atoms with van der Waals surface area (Å²) in [5, 5.41) is 10.6. The Bertz CT molecular complexity index is 830. The van der Waals surface area contributed by atoms with Gasteiger partial charge in [-0.2, -0.15) is 5.10 Å². The molecule has 0 radical (unpaired) electrons. The van der Waals surface area contributed by atoms with Crippen molar-refractivity contribution in [1.82, 2.24) is 25.3 Å². The van der Waals surface area contributed by atoms with Gasteiger partial charge in [0.1, 0.15) is 11.6 Å². The third kappa shape index (κ3) is 3.68. The largest absolute Gasteiger partial charge is 0.496 e. The van der Waals surface area contributed by atoms with Crippen molar-refractivity contribution in [2.45, 2.75) is 19.5 Å². The quantitative estimate of drug-likeness (QED) is 0.842. The molecule has 0 saturated carbocycles. The lowest BCUT2D eigenvalue weighted by molar-refractivity contribution is 0.0620. The van der Waals surface area contributed by atoms with Gasteiger partial charge in [0.15, 0.2) is 5.69 Å². The lowest BCUT2D eigenvalue weighted by Crippen LogP contribution is -2.48. The second-order valence-electron chi connectivity index (χ2n) is 6.98. The van der Waals surface area contributed by atoms with Crippen molar-refractivity contribution in [1.29, 1.82) is 0 Å². The zero-order chi connectivity index (χ0) is 18.8. The number of piperazine rings is 1. The monoisotopic (exact) mass is 373 g/mol. The maximum atomic E-state index is 13.6. The first-order valence-corrected chi connectivity index (χ1v) is 9.26. The molecule has 2 aliphatic heterocycles. The van der Waals surface area contributed by atoms with Crippen LogP contribution in [0.25, 0.3) is 0 Å². The number of halogens is 1. The average molecular weight is 373 g/mol. The minimum atomic E-state index is -0.267. The molecular weight excluding hydrogens is 349 g/mol. The number of ether oxygens (including phenoxy) is 1. The van der Waals surface area contributed by atoms with Crippen LogP contribution in [0.3, 0.4) is 0 Å². The van der Waals surface area contributed by atoms with Crippen molar-refractivity contribution in [3.05, 3.63) is 46.5 Å². The lowest BCUT2D eigenvalue weighted by atomic mass is 10.1. The molecule has 2 aromatic rings. The number of amides is 1. The fourth-order valence-electron chi connectivity index (χ4n) is 3.77. The van der Waals surface area contributed by atoms with E-state index in [4.69, 9.17) is 4.74 Å². The summed E-state index contributed by atoms with van der Waals surface area (Å²) in [5.74, 6) is 0.404. The molecule has 2 N–H and O–H groups in total. The van der Waals surface area contributed by atoms with Crippen LogP contribution in [0.4, 0.5) is 4.39 Å². The second kappa shape index (κ2) is 7.66. The van der Waals surface area contributed by atoms with E-state index in [1.54, 1.807) is 13.2 Å². The number of hydrogen-bond donors (Lipinski definition) is 2. The Hall–Kier alpha value is -2.45. The van der Waals surface area contributed by atoms with E-state index in [1.807, 2.05) is 4.90 Å². The third-order valence-corrected chi connectivity index (χ3v) is 5.30. The summed E-state index contributed by atoms with van der Waals surface area (Å²) in [4.78, 5) is 16.9. The highest BCUT2D eigenvalue weighted by Gasteiger charge is 2.28. The minimum Gasteiger partial charge on any atom is -0.496 e. The van der Waals surface area contributed by atoms with E-state index in [0.29, 0.717) is 37.6 Å². The summed E-state index contributed by atoms with van der Waals surface area (Å²) in [6.07, 6.45) is 0.874. The van der Waals surface area contributed by atoms with Gasteiger partial charge in [0.2, 0.25) is 0 Å². The zero-order valence-electron chi connectivity index (χ0n) is 15.4. The number of nitrogens with one attached hydrogen (secondary N) is 2. The van der Waals surface area contributed by atoms with Crippen molar-refractivity contribution in [2.75, 3.05) is 39.8 Å². The van der Waals surface area contributed by atoms with Crippen LogP contribution >= 0.6 is 0 Å². The van der Waals surface area contributed by atoms with E-state index in [-0.39, 0.29) is 11.7 Å². The Kier molecular flexibility index (Phi) is 5.09. The van der Waals surface area contributed by atoms with Crippen LogP contribution in [0, 0.1) is 5.82 Å². The molecule has 27 heavy (non-hydrogen) atoms. The zero-order valence-corrected chi connectivity index (χ0v) is 15.4. The molecule has 8 heteroatoms. The molecule has 1 amide bonds. The number of H-pyrrole nitrogens is 1. The van der Waals surface area contributed by atoms with Gasteiger partial charge in [-0.25, -0.2) is 4.39 Å². The number of rotatable bonds is 4. The Morgan fingerprint density at radius 3 is 2.89 bits per heavy atom. The van der Waals surface area contributed by atoms with Crippen LogP contribution in [0.1, 0.15) is 27.3 Å². The Morgan fingerprint density at radius 2 is 2.11 bits per heavy atom. The molecule has 0 atom stereocenters. The van der Waals surface area contributed by atoms with Gasteiger partial charge in [0, 0.05) is 69.1 Å². The lowest BCUT2D eigenvalue weighted by Gasteiger charge is -2.34. The van der Waals surface area contributed by atoms with Crippen molar-refractivity contribution in [3.63, 3.8) is 0 Å². The molecule has 0 spiro atoms. The van der Waals surface area contributed by atoms with E-state index in [2.05, 4.69) is 20.4 Å². The van der Waals surface area contributed by atoms with Gasteiger partial charge in [-0.15, -0.1) is 0 Å². The van der Waals surface area contributed by atoms with Gasteiger partial charge in [0.05, 0.1) is 7.11 Å². The van der Waals surface area contributed by atoms with E-state index >= 15 is 0 Å². The fourth-order valence-corrected chi connectivity index (χ4v) is 3.77. The topological polar surface area (TPSA) is 73.5 Å². The summed E-state index contributed by atoms with van der Waals surface area (Å²) in [5.41, 5.74) is 3.43. The van der Waals surface area contributed by atoms with E-state index in [9.17, 15) is 9.18 Å². The highest BCUT2D eigenvalue weighted by Crippen LogP contribution is 2.22. The highest BCUT2D eigenvalue weighted by atomic mass is 19.1. The number of carbonyl (C=O) groups excluding carboxylic acids is 1. The normalized spacial score (nSPS) is 17.6. The minimum absolute atomic E-state index is 0.0146. The molecular formula is C19H24FN5O2. The van der Waals surface area contributed by atoms with Gasteiger partial charge in [-0.05, 0) is 18.2 Å². The Balaban J connectivity index is 1.38. The summed E-state index contributed by atoms with van der Waals surface area (Å²) in [6, 6.07) is 4.57. The first-order chi connectivity index (χ1) is 13.2. The van der Waals surface area contributed by atoms with E-state index in [1.165, 1.54) is 12.1 Å².